The van der Waals surface area contributed by atoms with E-state index in [1.54, 1.807) is 35.3 Å². The zero-order valence-corrected chi connectivity index (χ0v) is 12.9. The van der Waals surface area contributed by atoms with Crippen molar-refractivity contribution in [3.8, 4) is 5.75 Å². The molecule has 0 spiro atoms. The lowest BCUT2D eigenvalue weighted by atomic mass is 10.1. The molecule has 6 heteroatoms. The molecule has 0 radical (unpaired) electrons. The Hall–Kier alpha value is -2.66. The molecule has 1 heterocycles. The number of Topliss-reactive ketones (excluding diaryl/α,β-unsaturated/α-hetero) is 1. The van der Waals surface area contributed by atoms with Gasteiger partial charge in [-0.2, -0.15) is 5.10 Å². The summed E-state index contributed by atoms with van der Waals surface area (Å²) in [5.74, 6) is 0.487. The van der Waals surface area contributed by atoms with Crippen LogP contribution in [0.5, 0.6) is 5.75 Å². The van der Waals surface area contributed by atoms with Gasteiger partial charge in [0, 0.05) is 10.6 Å². The number of ketones is 1. The molecule has 3 aromatic rings. The topological polar surface area (TPSA) is 57.0 Å². The first-order valence-corrected chi connectivity index (χ1v) is 7.44. The average molecular weight is 328 g/mol. The molecular weight excluding hydrogens is 314 g/mol. The minimum atomic E-state index is -0.708. The number of benzene rings is 2. The molecule has 1 unspecified atom stereocenters. The third-order valence-corrected chi connectivity index (χ3v) is 3.51. The lowest BCUT2D eigenvalue weighted by Gasteiger charge is -2.18. The Kier molecular flexibility index (Phi) is 4.68. The van der Waals surface area contributed by atoms with Crippen LogP contribution < -0.4 is 4.74 Å². The number of hydrogen-bond donors (Lipinski definition) is 0. The minimum absolute atomic E-state index is 0.138. The van der Waals surface area contributed by atoms with Gasteiger partial charge < -0.3 is 4.74 Å². The van der Waals surface area contributed by atoms with Crippen LogP contribution in [0.25, 0.3) is 0 Å². The van der Waals surface area contributed by atoms with E-state index in [0.717, 1.165) is 0 Å². The summed E-state index contributed by atoms with van der Waals surface area (Å²) in [5, 5.41) is 4.62. The van der Waals surface area contributed by atoms with Gasteiger partial charge in [-0.3, -0.25) is 4.79 Å². The number of nitrogens with zero attached hydrogens (tertiary/aromatic N) is 3. The quantitative estimate of drug-likeness (QED) is 0.652. The second-order valence-corrected chi connectivity index (χ2v) is 5.34. The highest BCUT2D eigenvalue weighted by molar-refractivity contribution is 6.30. The molecule has 0 aliphatic heterocycles. The van der Waals surface area contributed by atoms with Gasteiger partial charge in [0.2, 0.25) is 5.78 Å². The first-order valence-electron chi connectivity index (χ1n) is 7.06. The van der Waals surface area contributed by atoms with E-state index >= 15 is 0 Å². The predicted molar refractivity (Wildman–Crippen MR) is 86.7 cm³/mol. The van der Waals surface area contributed by atoms with Gasteiger partial charge in [0.25, 0.3) is 0 Å². The first-order chi connectivity index (χ1) is 11.2. The van der Waals surface area contributed by atoms with Crippen LogP contribution in [0.4, 0.5) is 0 Å². The van der Waals surface area contributed by atoms with Crippen LogP contribution in [0.1, 0.15) is 10.4 Å². The van der Waals surface area contributed by atoms with E-state index in [1.807, 2.05) is 30.3 Å². The molecule has 0 aliphatic carbocycles. The van der Waals surface area contributed by atoms with Crippen molar-refractivity contribution < 1.29 is 9.53 Å². The fourth-order valence-corrected chi connectivity index (χ4v) is 2.26. The highest BCUT2D eigenvalue weighted by Crippen LogP contribution is 2.17. The van der Waals surface area contributed by atoms with Gasteiger partial charge in [0.15, 0.2) is 6.10 Å². The lowest BCUT2D eigenvalue weighted by Crippen LogP contribution is -2.32. The number of hydrogen-bond acceptors (Lipinski definition) is 4. The predicted octanol–water partition coefficient (Wildman–Crippen LogP) is 3.26. The van der Waals surface area contributed by atoms with Crippen molar-refractivity contribution in [1.29, 1.82) is 0 Å². The van der Waals surface area contributed by atoms with Crippen LogP contribution in [0.2, 0.25) is 5.02 Å². The molecule has 0 fully saturated rings. The summed E-state index contributed by atoms with van der Waals surface area (Å²) >= 11 is 5.88. The lowest BCUT2D eigenvalue weighted by molar-refractivity contribution is 0.0756. The maximum atomic E-state index is 12.8. The number of carbonyl (C=O) groups is 1. The van der Waals surface area contributed by atoms with Gasteiger partial charge in [0.05, 0.1) is 6.54 Å². The normalized spacial score (nSPS) is 11.9. The van der Waals surface area contributed by atoms with Crippen molar-refractivity contribution in [3.63, 3.8) is 0 Å². The van der Waals surface area contributed by atoms with Crippen molar-refractivity contribution in [1.82, 2.24) is 14.8 Å². The summed E-state index contributed by atoms with van der Waals surface area (Å²) in [4.78, 5) is 16.7. The number of ether oxygens (including phenoxy) is 1. The summed E-state index contributed by atoms with van der Waals surface area (Å²) in [7, 11) is 0. The van der Waals surface area contributed by atoms with Crippen molar-refractivity contribution in [2.75, 3.05) is 0 Å². The Balaban J connectivity index is 1.84. The van der Waals surface area contributed by atoms with Crippen LogP contribution in [0.3, 0.4) is 0 Å². The van der Waals surface area contributed by atoms with Gasteiger partial charge in [-0.25, -0.2) is 9.67 Å². The van der Waals surface area contributed by atoms with Crippen LogP contribution in [0, 0.1) is 0 Å². The largest absolute Gasteiger partial charge is 0.480 e. The molecule has 0 saturated carbocycles. The van der Waals surface area contributed by atoms with E-state index in [-0.39, 0.29) is 12.3 Å². The second kappa shape index (κ2) is 7.07. The Morgan fingerprint density at radius 2 is 1.87 bits per heavy atom. The van der Waals surface area contributed by atoms with Gasteiger partial charge in [0.1, 0.15) is 18.4 Å². The van der Waals surface area contributed by atoms with E-state index in [0.29, 0.717) is 16.3 Å². The molecule has 116 valence electrons. The molecule has 2 aromatic carbocycles. The van der Waals surface area contributed by atoms with Gasteiger partial charge >= 0.3 is 0 Å². The molecule has 3 rings (SSSR count). The molecule has 1 aromatic heterocycles. The van der Waals surface area contributed by atoms with E-state index in [4.69, 9.17) is 16.3 Å². The third-order valence-electron chi connectivity index (χ3n) is 3.26. The zero-order chi connectivity index (χ0) is 16.1. The fraction of sp³-hybridized carbons (Fsp3) is 0.118. The van der Waals surface area contributed by atoms with Crippen LogP contribution >= 0.6 is 11.6 Å². The Bertz CT molecular complexity index is 758. The summed E-state index contributed by atoms with van der Waals surface area (Å²) < 4.78 is 7.43. The van der Waals surface area contributed by atoms with E-state index in [9.17, 15) is 4.79 Å². The van der Waals surface area contributed by atoms with Crippen LogP contribution in [-0.4, -0.2) is 26.7 Å². The molecular formula is C17H14ClN3O2. The van der Waals surface area contributed by atoms with Gasteiger partial charge in [-0.15, -0.1) is 0 Å². The number of halogens is 1. The Morgan fingerprint density at radius 1 is 1.13 bits per heavy atom. The molecule has 0 aliphatic rings. The van der Waals surface area contributed by atoms with E-state index in [2.05, 4.69) is 10.1 Å². The maximum Gasteiger partial charge on any atom is 0.205 e. The van der Waals surface area contributed by atoms with Crippen LogP contribution in [-0.2, 0) is 6.54 Å². The summed E-state index contributed by atoms with van der Waals surface area (Å²) in [6.45, 7) is 0.274. The van der Waals surface area contributed by atoms with Gasteiger partial charge in [-0.05, 0) is 36.4 Å². The monoisotopic (exact) mass is 327 g/mol. The fourth-order valence-electron chi connectivity index (χ4n) is 2.13. The van der Waals surface area contributed by atoms with Crippen LogP contribution in [0.15, 0.2) is 67.3 Å². The minimum Gasteiger partial charge on any atom is -0.480 e. The summed E-state index contributed by atoms with van der Waals surface area (Å²) in [6, 6.07) is 16.0. The first kappa shape index (κ1) is 15.2. The molecule has 5 nitrogen and oxygen atoms in total. The number of carbonyl (C=O) groups excluding carboxylic acids is 1. The molecule has 0 bridgehead atoms. The Morgan fingerprint density at radius 3 is 2.52 bits per heavy atom. The summed E-state index contributed by atoms with van der Waals surface area (Å²) in [5.41, 5.74) is 0.537. The Labute approximate surface area is 138 Å². The molecule has 0 amide bonds. The van der Waals surface area contributed by atoms with Gasteiger partial charge in [-0.1, -0.05) is 29.8 Å². The number of rotatable bonds is 6. The third kappa shape index (κ3) is 3.96. The van der Waals surface area contributed by atoms with Crippen molar-refractivity contribution >= 4 is 17.4 Å². The SMILES string of the molecule is O=C(c1ccc(Cl)cc1)C(Cn1cncn1)Oc1ccccc1. The molecule has 1 atom stereocenters. The van der Waals surface area contributed by atoms with Crippen molar-refractivity contribution in [3.05, 3.63) is 77.8 Å². The number of aromatic nitrogens is 3. The highest BCUT2D eigenvalue weighted by atomic mass is 35.5. The smallest absolute Gasteiger partial charge is 0.205 e. The summed E-state index contributed by atoms with van der Waals surface area (Å²) in [6.07, 6.45) is 2.27. The number of para-hydroxylation sites is 1. The maximum absolute atomic E-state index is 12.8. The highest BCUT2D eigenvalue weighted by Gasteiger charge is 2.23. The average Bonchev–Trinajstić information content (AvgIpc) is 3.08. The van der Waals surface area contributed by atoms with Crippen molar-refractivity contribution in [2.45, 2.75) is 12.6 Å². The molecule has 23 heavy (non-hydrogen) atoms. The molecule has 0 N–H and O–H groups in total. The zero-order valence-electron chi connectivity index (χ0n) is 12.2. The van der Waals surface area contributed by atoms with E-state index < -0.39 is 6.10 Å². The van der Waals surface area contributed by atoms with E-state index in [1.165, 1.54) is 6.33 Å². The van der Waals surface area contributed by atoms with Crippen molar-refractivity contribution in [2.24, 2.45) is 0 Å². The second-order valence-electron chi connectivity index (χ2n) is 4.91. The standard InChI is InChI=1S/C17H14ClN3O2/c18-14-8-6-13(7-9-14)17(22)16(10-21-12-19-11-20-21)23-15-4-2-1-3-5-15/h1-9,11-12,16H,10H2. The molecule has 0 saturated heterocycles.